The highest BCUT2D eigenvalue weighted by molar-refractivity contribution is 7.78. The average Bonchev–Trinajstić information content (AvgIpc) is 2.34. The first-order valence-corrected chi connectivity index (χ1v) is 4.09. The molecule has 1 atom stereocenters. The molecule has 0 bridgehead atoms. The maximum absolute atomic E-state index is 10.2. The summed E-state index contributed by atoms with van der Waals surface area (Å²) >= 11 is -2.14. The minimum atomic E-state index is -2.14. The van der Waals surface area contributed by atoms with Crippen LogP contribution in [0, 0.1) is 11.3 Å². The second-order valence-electron chi connectivity index (χ2n) is 1.91. The Morgan fingerprint density at radius 1 is 1.82 bits per heavy atom. The predicted octanol–water partition coefficient (Wildman–Crippen LogP) is 0.196. The predicted molar refractivity (Wildman–Crippen MR) is 38.1 cm³/mol. The summed E-state index contributed by atoms with van der Waals surface area (Å²) in [5, 5.41) is 8.45. The quantitative estimate of drug-likeness (QED) is 0.593. The third-order valence-electron chi connectivity index (χ3n) is 1.19. The summed E-state index contributed by atoms with van der Waals surface area (Å²) in [6.45, 7) is 0. The maximum Gasteiger partial charge on any atom is 0.120 e. The molecule has 1 heterocycles. The Kier molecular flexibility index (Phi) is 2.41. The van der Waals surface area contributed by atoms with E-state index in [4.69, 9.17) is 5.26 Å². The summed E-state index contributed by atoms with van der Waals surface area (Å²) < 4.78 is 21.8. The Morgan fingerprint density at radius 3 is 3.09 bits per heavy atom. The first kappa shape index (κ1) is 7.98. The van der Waals surface area contributed by atoms with Crippen molar-refractivity contribution in [3.8, 4) is 6.07 Å². The zero-order valence-corrected chi connectivity index (χ0v) is 6.37. The van der Waals surface area contributed by atoms with Gasteiger partial charge >= 0.3 is 0 Å². The second kappa shape index (κ2) is 3.32. The van der Waals surface area contributed by atoms with Crippen molar-refractivity contribution in [2.45, 2.75) is 5.88 Å². The minimum absolute atomic E-state index is 0.157. The van der Waals surface area contributed by atoms with Crippen LogP contribution in [-0.4, -0.2) is 13.3 Å². The summed E-state index contributed by atoms with van der Waals surface area (Å²) in [4.78, 5) is 0. The van der Waals surface area contributed by atoms with E-state index in [2.05, 4.69) is 0 Å². The van der Waals surface area contributed by atoms with Crippen LogP contribution in [0.15, 0.2) is 18.3 Å². The molecule has 0 saturated heterocycles. The van der Waals surface area contributed by atoms with E-state index in [1.54, 1.807) is 18.3 Å². The molecule has 0 aliphatic rings. The average molecular weight is 169 g/mol. The van der Waals surface area contributed by atoms with Crippen molar-refractivity contribution in [2.75, 3.05) is 0 Å². The number of nitrogens with zero attached hydrogens (tertiary/aromatic N) is 2. The zero-order chi connectivity index (χ0) is 8.27. The van der Waals surface area contributed by atoms with Gasteiger partial charge in [-0.15, -0.1) is 0 Å². The molecular formula is C6H5N2O2S-. The molecule has 1 unspecified atom stereocenters. The Balaban J connectivity index is 2.87. The zero-order valence-electron chi connectivity index (χ0n) is 5.56. The van der Waals surface area contributed by atoms with Gasteiger partial charge in [0.15, 0.2) is 0 Å². The Morgan fingerprint density at radius 2 is 2.55 bits per heavy atom. The van der Waals surface area contributed by atoms with Crippen molar-refractivity contribution in [2.24, 2.45) is 0 Å². The second-order valence-corrected chi connectivity index (χ2v) is 2.77. The van der Waals surface area contributed by atoms with E-state index in [0.717, 1.165) is 0 Å². The van der Waals surface area contributed by atoms with Gasteiger partial charge in [0.25, 0.3) is 0 Å². The van der Waals surface area contributed by atoms with Gasteiger partial charge < -0.3 is 9.12 Å². The summed E-state index contributed by atoms with van der Waals surface area (Å²) in [6.07, 6.45) is 1.55. The van der Waals surface area contributed by atoms with E-state index >= 15 is 0 Å². The summed E-state index contributed by atoms with van der Waals surface area (Å²) in [5.41, 5.74) is 0.356. The molecule has 0 spiro atoms. The molecule has 0 amide bonds. The summed E-state index contributed by atoms with van der Waals surface area (Å²) in [6, 6.07) is 5.06. The van der Waals surface area contributed by atoms with Crippen LogP contribution in [-0.2, 0) is 17.0 Å². The van der Waals surface area contributed by atoms with Crippen LogP contribution in [0.3, 0.4) is 0 Å². The Bertz CT molecular complexity index is 313. The van der Waals surface area contributed by atoms with Crippen molar-refractivity contribution in [3.05, 3.63) is 24.0 Å². The van der Waals surface area contributed by atoms with Crippen LogP contribution in [0.4, 0.5) is 0 Å². The molecule has 0 aliphatic carbocycles. The molecule has 1 aromatic heterocycles. The normalized spacial score (nSPS) is 12.4. The molecule has 0 saturated carbocycles. The smallest absolute Gasteiger partial charge is 0.120 e. The van der Waals surface area contributed by atoms with E-state index in [1.165, 1.54) is 4.57 Å². The highest BCUT2D eigenvalue weighted by Crippen LogP contribution is 2.00. The van der Waals surface area contributed by atoms with Gasteiger partial charge in [0.2, 0.25) is 0 Å². The van der Waals surface area contributed by atoms with Crippen molar-refractivity contribution in [1.82, 2.24) is 4.57 Å². The molecule has 1 aromatic rings. The van der Waals surface area contributed by atoms with Gasteiger partial charge in [0.05, 0.1) is 5.88 Å². The molecule has 4 nitrogen and oxygen atoms in total. The standard InChI is InChI=1S/C6H6N2O2S/c7-4-6-2-1-3-8(6)5-11(9)10/h1-3H,5H2,(H,9,10)/p-1. The van der Waals surface area contributed by atoms with Crippen molar-refractivity contribution < 1.29 is 8.76 Å². The topological polar surface area (TPSA) is 68.8 Å². The molecular weight excluding hydrogens is 164 g/mol. The lowest BCUT2D eigenvalue weighted by molar-refractivity contribution is 0.526. The molecule has 0 aliphatic heterocycles. The van der Waals surface area contributed by atoms with Crippen LogP contribution >= 0.6 is 0 Å². The van der Waals surface area contributed by atoms with E-state index in [9.17, 15) is 8.76 Å². The lowest BCUT2D eigenvalue weighted by Gasteiger charge is -2.06. The maximum atomic E-state index is 10.2. The molecule has 58 valence electrons. The van der Waals surface area contributed by atoms with Crippen LogP contribution in [0.1, 0.15) is 5.69 Å². The number of aromatic nitrogens is 1. The molecule has 0 fully saturated rings. The third kappa shape index (κ3) is 1.90. The fourth-order valence-electron chi connectivity index (χ4n) is 0.742. The Labute approximate surface area is 66.4 Å². The largest absolute Gasteiger partial charge is 0.771 e. The lowest BCUT2D eigenvalue weighted by atomic mass is 10.5. The van der Waals surface area contributed by atoms with Crippen LogP contribution in [0.2, 0.25) is 0 Å². The van der Waals surface area contributed by atoms with E-state index in [-0.39, 0.29) is 5.88 Å². The minimum Gasteiger partial charge on any atom is -0.771 e. The molecule has 1 rings (SSSR count). The van der Waals surface area contributed by atoms with Gasteiger partial charge in [-0.25, -0.2) is 0 Å². The van der Waals surface area contributed by atoms with Crippen molar-refractivity contribution >= 4 is 11.1 Å². The lowest BCUT2D eigenvalue weighted by Crippen LogP contribution is -2.03. The molecule has 5 heteroatoms. The number of rotatable bonds is 2. The number of hydrogen-bond donors (Lipinski definition) is 0. The van der Waals surface area contributed by atoms with E-state index in [0.29, 0.717) is 5.69 Å². The van der Waals surface area contributed by atoms with Gasteiger partial charge in [-0.05, 0) is 23.2 Å². The summed E-state index contributed by atoms with van der Waals surface area (Å²) in [7, 11) is 0. The van der Waals surface area contributed by atoms with Crippen molar-refractivity contribution in [3.63, 3.8) is 0 Å². The first-order chi connectivity index (χ1) is 5.24. The number of nitriles is 1. The molecule has 0 N–H and O–H groups in total. The third-order valence-corrected chi connectivity index (χ3v) is 1.68. The highest BCUT2D eigenvalue weighted by atomic mass is 32.2. The SMILES string of the molecule is N#Cc1cccn1CS(=O)[O-]. The van der Waals surface area contributed by atoms with E-state index < -0.39 is 11.1 Å². The monoisotopic (exact) mass is 169 g/mol. The molecule has 0 aromatic carbocycles. The van der Waals surface area contributed by atoms with Crippen LogP contribution in [0.5, 0.6) is 0 Å². The summed E-state index contributed by atoms with van der Waals surface area (Å²) in [5.74, 6) is -0.157. The number of hydrogen-bond acceptors (Lipinski definition) is 3. The first-order valence-electron chi connectivity index (χ1n) is 2.85. The van der Waals surface area contributed by atoms with E-state index in [1.807, 2.05) is 6.07 Å². The molecule has 0 radical (unpaired) electrons. The van der Waals surface area contributed by atoms with Gasteiger partial charge in [-0.2, -0.15) is 5.26 Å². The van der Waals surface area contributed by atoms with Crippen LogP contribution in [0.25, 0.3) is 0 Å². The molecule has 11 heavy (non-hydrogen) atoms. The van der Waals surface area contributed by atoms with Gasteiger partial charge in [0, 0.05) is 6.20 Å². The van der Waals surface area contributed by atoms with Gasteiger partial charge in [-0.1, -0.05) is 0 Å². The van der Waals surface area contributed by atoms with Gasteiger partial charge in [-0.3, -0.25) is 4.21 Å². The Hall–Kier alpha value is -1.12. The fraction of sp³-hybridized carbons (Fsp3) is 0.167. The van der Waals surface area contributed by atoms with Crippen LogP contribution < -0.4 is 0 Å². The fourth-order valence-corrected chi connectivity index (χ4v) is 1.19. The van der Waals surface area contributed by atoms with Crippen molar-refractivity contribution in [1.29, 1.82) is 5.26 Å². The highest BCUT2D eigenvalue weighted by Gasteiger charge is 1.96. The van der Waals surface area contributed by atoms with Gasteiger partial charge in [0.1, 0.15) is 11.8 Å².